The summed E-state index contributed by atoms with van der Waals surface area (Å²) < 4.78 is 17.4. The zero-order valence-corrected chi connectivity index (χ0v) is 19.3. The molecular formula is C24H25FN4O3S. The van der Waals surface area contributed by atoms with Gasteiger partial charge in [-0.15, -0.1) is 11.3 Å². The maximum Gasteiger partial charge on any atom is 0.342 e. The van der Waals surface area contributed by atoms with E-state index >= 15 is 4.39 Å². The van der Waals surface area contributed by atoms with E-state index in [2.05, 4.69) is 16.8 Å². The molecule has 0 radical (unpaired) electrons. The molecule has 3 heterocycles. The van der Waals surface area contributed by atoms with Gasteiger partial charge in [0, 0.05) is 49.0 Å². The van der Waals surface area contributed by atoms with Gasteiger partial charge in [-0.2, -0.15) is 0 Å². The number of nitrogens with zero attached hydrogens (tertiary/aromatic N) is 3. The monoisotopic (exact) mass is 468 g/mol. The van der Waals surface area contributed by atoms with E-state index in [9.17, 15) is 14.7 Å². The molecular weight excluding hydrogens is 443 g/mol. The summed E-state index contributed by atoms with van der Waals surface area (Å²) in [5.74, 6) is -1.15. The Hall–Kier alpha value is -2.78. The van der Waals surface area contributed by atoms with Crippen LogP contribution in [0.15, 0.2) is 27.4 Å². The maximum atomic E-state index is 15.7. The van der Waals surface area contributed by atoms with Gasteiger partial charge < -0.3 is 20.1 Å². The fourth-order valence-corrected chi connectivity index (χ4v) is 7.94. The van der Waals surface area contributed by atoms with Crippen molar-refractivity contribution in [1.29, 1.82) is 0 Å². The van der Waals surface area contributed by atoms with Crippen LogP contribution in [0.3, 0.4) is 0 Å². The van der Waals surface area contributed by atoms with Crippen LogP contribution in [0.4, 0.5) is 10.1 Å². The Kier molecular flexibility index (Phi) is 4.18. The average molecular weight is 469 g/mol. The van der Waals surface area contributed by atoms with Gasteiger partial charge in [-0.25, -0.2) is 9.18 Å². The Balaban J connectivity index is 1.61. The number of nitrogens with two attached hydrogens (primary N) is 1. The van der Waals surface area contributed by atoms with Crippen LogP contribution in [0.25, 0.3) is 15.7 Å². The Morgan fingerprint density at radius 3 is 2.82 bits per heavy atom. The molecule has 0 spiro atoms. The van der Waals surface area contributed by atoms with Crippen LogP contribution in [0, 0.1) is 23.1 Å². The number of aromatic carboxylic acids is 1. The molecule has 1 aromatic carbocycles. The summed E-state index contributed by atoms with van der Waals surface area (Å²) in [5, 5.41) is 11.4. The molecule has 2 bridgehead atoms. The Labute approximate surface area is 193 Å². The first kappa shape index (κ1) is 20.8. The molecule has 2 aliphatic carbocycles. The molecule has 33 heavy (non-hydrogen) atoms. The number of fused-ring (bicyclic) bond motifs is 8. The quantitative estimate of drug-likeness (QED) is 0.574. The molecule has 3 N–H and O–H groups in total. The number of thiazole rings is 1. The van der Waals surface area contributed by atoms with E-state index in [1.807, 2.05) is 0 Å². The first-order valence-corrected chi connectivity index (χ1v) is 12.0. The average Bonchev–Trinajstić information content (AvgIpc) is 3.49. The van der Waals surface area contributed by atoms with Crippen molar-refractivity contribution in [1.82, 2.24) is 4.40 Å². The number of pyridine rings is 1. The fourth-order valence-electron chi connectivity index (χ4n) is 7.07. The zero-order chi connectivity index (χ0) is 23.3. The first-order valence-electron chi connectivity index (χ1n) is 11.2. The number of rotatable bonds is 3. The van der Waals surface area contributed by atoms with Crippen LogP contribution in [0.1, 0.15) is 42.1 Å². The Morgan fingerprint density at radius 2 is 2.12 bits per heavy atom. The number of anilines is 1. The minimum Gasteiger partial charge on any atom is -0.477 e. The van der Waals surface area contributed by atoms with E-state index in [1.54, 1.807) is 29.2 Å². The summed E-state index contributed by atoms with van der Waals surface area (Å²) in [6.07, 6.45) is 6.43. The van der Waals surface area contributed by atoms with Gasteiger partial charge in [0.25, 0.3) is 0 Å². The molecule has 3 aliphatic rings. The Bertz CT molecular complexity index is 1420. The summed E-state index contributed by atoms with van der Waals surface area (Å²) in [4.78, 5) is 31.5. The van der Waals surface area contributed by atoms with Gasteiger partial charge >= 0.3 is 5.97 Å². The molecule has 4 unspecified atom stereocenters. The van der Waals surface area contributed by atoms with Crippen LogP contribution in [0.2, 0.25) is 0 Å². The van der Waals surface area contributed by atoms with Gasteiger partial charge in [-0.05, 0) is 42.6 Å². The molecule has 6 rings (SSSR count). The molecule has 1 aliphatic heterocycles. The van der Waals surface area contributed by atoms with E-state index < -0.39 is 17.2 Å². The molecule has 172 valence electrons. The second-order valence-corrected chi connectivity index (χ2v) is 11.1. The lowest BCUT2D eigenvalue weighted by Gasteiger charge is -2.34. The number of carbonyl (C=O) groups is 1. The fraction of sp³-hybridized carbons (Fsp3) is 0.458. The topological polar surface area (TPSA) is 100 Å². The molecule has 0 amide bonds. The van der Waals surface area contributed by atoms with Crippen LogP contribution in [-0.2, 0) is 0 Å². The van der Waals surface area contributed by atoms with Crippen LogP contribution in [-0.4, -0.2) is 47.4 Å². The van der Waals surface area contributed by atoms with Gasteiger partial charge in [-0.1, -0.05) is 6.92 Å². The van der Waals surface area contributed by atoms with E-state index in [0.717, 1.165) is 19.3 Å². The molecule has 2 aromatic heterocycles. The van der Waals surface area contributed by atoms with Crippen molar-refractivity contribution in [2.75, 3.05) is 25.0 Å². The highest BCUT2D eigenvalue weighted by molar-refractivity contribution is 7.16. The number of halogens is 1. The lowest BCUT2D eigenvalue weighted by atomic mass is 9.72. The van der Waals surface area contributed by atoms with Gasteiger partial charge in [0.05, 0.1) is 16.6 Å². The van der Waals surface area contributed by atoms with E-state index in [0.29, 0.717) is 46.5 Å². The summed E-state index contributed by atoms with van der Waals surface area (Å²) in [6.45, 7) is 3.68. The normalized spacial score (nSPS) is 30.8. The SMILES string of the molecule is CN=Cc1c(N2CC3C(C2)C2(N)CCC3(C)C2)c(F)cc2c(=O)c(C(=O)O)c3sccn3c12. The molecule has 4 atom stereocenters. The van der Waals surface area contributed by atoms with Crippen molar-refractivity contribution in [3.05, 3.63) is 44.8 Å². The largest absolute Gasteiger partial charge is 0.477 e. The van der Waals surface area contributed by atoms with Crippen LogP contribution < -0.4 is 16.1 Å². The highest BCUT2D eigenvalue weighted by Crippen LogP contribution is 2.64. The number of hydrogen-bond donors (Lipinski definition) is 2. The second-order valence-electron chi connectivity index (χ2n) is 10.2. The third-order valence-electron chi connectivity index (χ3n) is 8.43. The minimum atomic E-state index is -1.32. The predicted octanol–water partition coefficient (Wildman–Crippen LogP) is 3.35. The third kappa shape index (κ3) is 2.60. The van der Waals surface area contributed by atoms with Gasteiger partial charge in [0.1, 0.15) is 16.2 Å². The van der Waals surface area contributed by atoms with E-state index in [1.165, 1.54) is 17.4 Å². The smallest absolute Gasteiger partial charge is 0.342 e. The number of carboxylic acids is 1. The van der Waals surface area contributed by atoms with Gasteiger partial charge in [0.15, 0.2) is 0 Å². The minimum absolute atomic E-state index is 0.0427. The molecule has 3 aromatic rings. The lowest BCUT2D eigenvalue weighted by molar-refractivity contribution is 0.0697. The molecule has 1 saturated heterocycles. The highest BCUT2D eigenvalue weighted by Gasteiger charge is 2.64. The Morgan fingerprint density at radius 1 is 1.36 bits per heavy atom. The molecule has 2 saturated carbocycles. The number of aromatic nitrogens is 1. The van der Waals surface area contributed by atoms with Crippen molar-refractivity contribution >= 4 is 44.9 Å². The number of hydrogen-bond acceptors (Lipinski definition) is 6. The molecule has 7 nitrogen and oxygen atoms in total. The summed E-state index contributed by atoms with van der Waals surface area (Å²) in [7, 11) is 1.61. The number of benzene rings is 1. The first-order chi connectivity index (χ1) is 15.7. The number of aliphatic imine (C=N–C) groups is 1. The summed E-state index contributed by atoms with van der Waals surface area (Å²) in [6, 6.07) is 1.19. The van der Waals surface area contributed by atoms with Crippen molar-refractivity contribution in [3.8, 4) is 0 Å². The standard InChI is InChI=1S/C24H25FN4O3S/c1-23-3-4-24(26,11-23)15-10-28(9-14(15)23)19-13(8-27-2)18-12(7-16(19)25)20(30)17(22(31)32)21-29(18)5-6-33-21/h5-8,14-15H,3-4,9-11,26H2,1-2H3,(H,31,32). The highest BCUT2D eigenvalue weighted by atomic mass is 32.1. The van der Waals surface area contributed by atoms with Gasteiger partial charge in [-0.3, -0.25) is 9.79 Å². The predicted molar refractivity (Wildman–Crippen MR) is 128 cm³/mol. The van der Waals surface area contributed by atoms with Crippen molar-refractivity contribution in [2.24, 2.45) is 28.0 Å². The summed E-state index contributed by atoms with van der Waals surface area (Å²) >= 11 is 1.18. The van der Waals surface area contributed by atoms with Crippen molar-refractivity contribution in [3.63, 3.8) is 0 Å². The molecule has 3 fully saturated rings. The van der Waals surface area contributed by atoms with Crippen molar-refractivity contribution in [2.45, 2.75) is 31.7 Å². The molecule has 9 heteroatoms. The second kappa shape index (κ2) is 6.64. The number of carboxylic acid groups (broad SMARTS) is 1. The van der Waals surface area contributed by atoms with Crippen molar-refractivity contribution < 1.29 is 14.3 Å². The zero-order valence-electron chi connectivity index (χ0n) is 18.5. The van der Waals surface area contributed by atoms with E-state index in [4.69, 9.17) is 5.73 Å². The third-order valence-corrected chi connectivity index (χ3v) is 9.32. The van der Waals surface area contributed by atoms with Crippen LogP contribution in [0.5, 0.6) is 0 Å². The van der Waals surface area contributed by atoms with Crippen LogP contribution >= 0.6 is 11.3 Å². The summed E-state index contributed by atoms with van der Waals surface area (Å²) in [5.41, 5.74) is 7.17. The maximum absolute atomic E-state index is 15.7. The van der Waals surface area contributed by atoms with Gasteiger partial charge in [0.2, 0.25) is 5.43 Å². The lowest BCUT2D eigenvalue weighted by Crippen LogP contribution is -2.45. The van der Waals surface area contributed by atoms with E-state index in [-0.39, 0.29) is 21.9 Å².